The minimum absolute atomic E-state index is 0.0193. The summed E-state index contributed by atoms with van der Waals surface area (Å²) >= 11 is 3.40. The van der Waals surface area contributed by atoms with Crippen molar-refractivity contribution in [3.8, 4) is 0 Å². The Morgan fingerprint density at radius 2 is 1.37 bits per heavy atom. The molecule has 7 rings (SSSR count). The van der Waals surface area contributed by atoms with Crippen LogP contribution in [0.3, 0.4) is 0 Å². The van der Waals surface area contributed by atoms with Gasteiger partial charge in [-0.25, -0.2) is 8.78 Å². The lowest BCUT2D eigenvalue weighted by Crippen LogP contribution is -2.51. The van der Waals surface area contributed by atoms with Crippen molar-refractivity contribution in [2.45, 2.75) is 75.5 Å². The highest BCUT2D eigenvalue weighted by Gasteiger charge is 2.48. The highest BCUT2D eigenvalue weighted by Crippen LogP contribution is 2.40. The molecule has 2 heterocycles. The third-order valence-electron chi connectivity index (χ3n) is 9.87. The number of hydrogen-bond donors (Lipinski definition) is 2. The van der Waals surface area contributed by atoms with Gasteiger partial charge < -0.3 is 20.4 Å². The molecule has 3 aromatic rings. The third kappa shape index (κ3) is 8.14. The van der Waals surface area contributed by atoms with E-state index in [1.165, 1.54) is 16.2 Å². The molecule has 10 nitrogen and oxygen atoms in total. The average molecular weight is 776 g/mol. The summed E-state index contributed by atoms with van der Waals surface area (Å²) in [5.41, 5.74) is 1.64. The number of halogens is 3. The molecule has 2 saturated carbocycles. The molecule has 0 atom stereocenters. The number of aliphatic imine (C=N–C) groups is 2. The number of amides is 4. The van der Waals surface area contributed by atoms with E-state index in [1.54, 1.807) is 38.4 Å². The monoisotopic (exact) mass is 774 g/mol. The Hall–Kier alpha value is -4.78. The molecule has 4 aliphatic rings. The molecule has 0 radical (unpaired) electrons. The molecular weight excluding hydrogens is 734 g/mol. The number of nitrogens with zero attached hydrogens (tertiary/aromatic N) is 4. The fourth-order valence-corrected chi connectivity index (χ4v) is 7.54. The van der Waals surface area contributed by atoms with Crippen molar-refractivity contribution in [3.63, 3.8) is 0 Å². The van der Waals surface area contributed by atoms with Gasteiger partial charge in [0.15, 0.2) is 0 Å². The molecule has 0 bridgehead atoms. The maximum absolute atomic E-state index is 13.5. The van der Waals surface area contributed by atoms with Crippen molar-refractivity contribution >= 4 is 56.7 Å². The van der Waals surface area contributed by atoms with Crippen LogP contribution in [0, 0.1) is 11.6 Å². The zero-order valence-corrected chi connectivity index (χ0v) is 30.8. The molecule has 4 amide bonds. The second-order valence-electron chi connectivity index (χ2n) is 13.9. The van der Waals surface area contributed by atoms with Gasteiger partial charge in [0.05, 0.1) is 0 Å². The second kappa shape index (κ2) is 15.4. The van der Waals surface area contributed by atoms with Crippen molar-refractivity contribution in [3.05, 3.63) is 99.5 Å². The van der Waals surface area contributed by atoms with Crippen molar-refractivity contribution in [1.29, 1.82) is 0 Å². The van der Waals surface area contributed by atoms with E-state index in [1.807, 2.05) is 24.3 Å². The van der Waals surface area contributed by atoms with Gasteiger partial charge in [-0.15, -0.1) is 0 Å². The van der Waals surface area contributed by atoms with Crippen molar-refractivity contribution in [2.75, 3.05) is 26.0 Å². The summed E-state index contributed by atoms with van der Waals surface area (Å²) in [6.07, 6.45) is 9.50. The topological polar surface area (TPSA) is 124 Å². The van der Waals surface area contributed by atoms with E-state index in [4.69, 9.17) is 9.98 Å². The van der Waals surface area contributed by atoms with Crippen LogP contribution >= 0.6 is 15.9 Å². The summed E-state index contributed by atoms with van der Waals surface area (Å²) in [5.74, 6) is -2.74. The predicted octanol–water partition coefficient (Wildman–Crippen LogP) is 6.63. The molecule has 0 unspecified atom stereocenters. The first-order valence-corrected chi connectivity index (χ1v) is 18.3. The van der Waals surface area contributed by atoms with Gasteiger partial charge in [0, 0.05) is 47.0 Å². The Bertz CT molecular complexity index is 1900. The van der Waals surface area contributed by atoms with Gasteiger partial charge >= 0.3 is 0 Å². The van der Waals surface area contributed by atoms with E-state index in [-0.39, 0.29) is 41.3 Å². The van der Waals surface area contributed by atoms with E-state index in [9.17, 15) is 28.0 Å². The number of carbonyl (C=O) groups excluding carboxylic acids is 4. The average Bonchev–Trinajstić information content (AvgIpc) is 3.57. The number of hydrogen-bond acceptors (Lipinski definition) is 6. The number of rotatable bonds is 6. The second-order valence-corrected chi connectivity index (χ2v) is 14.8. The van der Waals surface area contributed by atoms with Gasteiger partial charge in [0.1, 0.15) is 40.9 Å². The number of anilines is 1. The van der Waals surface area contributed by atoms with E-state index in [2.05, 4.69) is 26.6 Å². The van der Waals surface area contributed by atoms with Gasteiger partial charge in [-0.2, -0.15) is 0 Å². The summed E-state index contributed by atoms with van der Waals surface area (Å²) < 4.78 is 28.0. The summed E-state index contributed by atoms with van der Waals surface area (Å²) in [4.78, 5) is 62.9. The highest BCUT2D eigenvalue weighted by molar-refractivity contribution is 9.10. The van der Waals surface area contributed by atoms with Crippen LogP contribution in [0.1, 0.15) is 85.7 Å². The molecular formula is C39H41BrF2N6O4. The van der Waals surface area contributed by atoms with Gasteiger partial charge in [0.25, 0.3) is 17.7 Å². The Balaban J connectivity index is 0.000000215. The van der Waals surface area contributed by atoms with Crippen LogP contribution in [0.25, 0.3) is 0 Å². The Kier molecular flexibility index (Phi) is 11.0. The summed E-state index contributed by atoms with van der Waals surface area (Å²) in [6, 6.07) is 17.2. The van der Waals surface area contributed by atoms with E-state index < -0.39 is 23.2 Å². The normalized spacial score (nSPS) is 18.7. The molecule has 0 aromatic heterocycles. The lowest BCUT2D eigenvalue weighted by molar-refractivity contribution is -0.134. The number of carbonyl (C=O) groups is 4. The Morgan fingerprint density at radius 3 is 1.96 bits per heavy atom. The SMILES string of the molecule is CN(C)C(=O)c1ccc(C2=NC3(CCCCC3)N(CC(=O)Nc3cc(F)cc(F)c3)C2=O)cc1.O=C1NC2(CCCCC2)N=C1c1ccc(Br)cc1. The molecule has 2 spiro atoms. The lowest BCUT2D eigenvalue weighted by Gasteiger charge is -2.38. The molecule has 13 heteroatoms. The number of benzene rings is 3. The first-order valence-electron chi connectivity index (χ1n) is 17.6. The van der Waals surface area contributed by atoms with E-state index in [0.29, 0.717) is 35.7 Å². The summed E-state index contributed by atoms with van der Waals surface area (Å²) in [7, 11) is 3.32. The minimum Gasteiger partial charge on any atom is -0.345 e. The maximum Gasteiger partial charge on any atom is 0.275 e. The van der Waals surface area contributed by atoms with Crippen LogP contribution < -0.4 is 10.6 Å². The third-order valence-corrected chi connectivity index (χ3v) is 10.4. The van der Waals surface area contributed by atoms with Gasteiger partial charge in [0.2, 0.25) is 5.91 Å². The highest BCUT2D eigenvalue weighted by atomic mass is 79.9. The van der Waals surface area contributed by atoms with E-state index >= 15 is 0 Å². The van der Waals surface area contributed by atoms with Crippen molar-refractivity contribution in [2.24, 2.45) is 9.98 Å². The van der Waals surface area contributed by atoms with Gasteiger partial charge in [-0.1, -0.05) is 53.0 Å². The van der Waals surface area contributed by atoms with Crippen LogP contribution in [0.15, 0.2) is 81.2 Å². The number of nitrogens with one attached hydrogen (secondary N) is 2. The molecule has 2 N–H and O–H groups in total. The summed E-state index contributed by atoms with van der Waals surface area (Å²) in [5, 5.41) is 5.55. The molecule has 0 saturated heterocycles. The summed E-state index contributed by atoms with van der Waals surface area (Å²) in [6.45, 7) is -0.291. The maximum atomic E-state index is 13.5. The molecule has 3 aromatic carbocycles. The Morgan fingerprint density at radius 1 is 0.808 bits per heavy atom. The van der Waals surface area contributed by atoms with Crippen LogP contribution in [-0.2, 0) is 14.4 Å². The quantitative estimate of drug-likeness (QED) is 0.292. The van der Waals surface area contributed by atoms with E-state index in [0.717, 1.165) is 67.1 Å². The zero-order valence-electron chi connectivity index (χ0n) is 29.2. The van der Waals surface area contributed by atoms with Crippen molar-refractivity contribution in [1.82, 2.24) is 15.1 Å². The largest absolute Gasteiger partial charge is 0.345 e. The molecule has 2 fully saturated rings. The zero-order chi connectivity index (χ0) is 37.0. The van der Waals surface area contributed by atoms with Crippen LogP contribution in [0.4, 0.5) is 14.5 Å². The Labute approximate surface area is 309 Å². The standard InChI is InChI=1S/C25H26F2N4O3.C14H15BrN2O/c1-30(2)23(33)17-8-6-16(7-9-17)22-24(34)31(25(29-22)10-4-3-5-11-25)15-21(32)28-20-13-18(26)12-19(27)14-20;15-11-6-4-10(5-7-11)12-13(18)17-14(16-12)8-2-1-3-9-14/h6-9,12-14H,3-5,10-11,15H2,1-2H3,(H,28,32);4-7H,1-3,8-9H2,(H,17,18). The molecule has 2 aliphatic heterocycles. The predicted molar refractivity (Wildman–Crippen MR) is 198 cm³/mol. The first-order chi connectivity index (χ1) is 24.9. The molecule has 2 aliphatic carbocycles. The minimum atomic E-state index is -0.826. The lowest BCUT2D eigenvalue weighted by atomic mass is 9.88. The molecule has 52 heavy (non-hydrogen) atoms. The fraction of sp³-hybridized carbons (Fsp3) is 0.385. The smallest absolute Gasteiger partial charge is 0.275 e. The molecule has 272 valence electrons. The first kappa shape index (κ1) is 37.0. The fourth-order valence-electron chi connectivity index (χ4n) is 7.28. The van der Waals surface area contributed by atoms with Crippen molar-refractivity contribution < 1.29 is 28.0 Å². The van der Waals surface area contributed by atoms with Crippen LogP contribution in [-0.4, -0.2) is 76.8 Å². The van der Waals surface area contributed by atoms with Gasteiger partial charge in [-0.3, -0.25) is 29.2 Å². The van der Waals surface area contributed by atoms with Gasteiger partial charge in [-0.05, 0) is 87.8 Å². The van der Waals surface area contributed by atoms with Crippen LogP contribution in [0.5, 0.6) is 0 Å². The van der Waals surface area contributed by atoms with Crippen LogP contribution in [0.2, 0.25) is 0 Å².